The molecule has 1 N–H and O–H groups in total. The van der Waals surface area contributed by atoms with Gasteiger partial charge in [0.15, 0.2) is 0 Å². The predicted octanol–water partition coefficient (Wildman–Crippen LogP) is 4.23. The fourth-order valence-electron chi connectivity index (χ4n) is 1.62. The lowest BCUT2D eigenvalue weighted by Crippen LogP contribution is -1.83. The first kappa shape index (κ1) is 15.0. The number of benzene rings is 2. The van der Waals surface area contributed by atoms with Gasteiger partial charge in [-0.3, -0.25) is 4.79 Å². The number of aryl methyl sites for hydroxylation is 1. The topological polar surface area (TPSA) is 37.3 Å². The lowest BCUT2D eigenvalue weighted by molar-refractivity contribution is 0.112. The summed E-state index contributed by atoms with van der Waals surface area (Å²) in [7, 11) is 0. The van der Waals surface area contributed by atoms with Gasteiger partial charge in [-0.05, 0) is 24.5 Å². The number of hydrogen-bond acceptors (Lipinski definition) is 2. The Balaban J connectivity index is 0.000000200. The summed E-state index contributed by atoms with van der Waals surface area (Å²) in [5.74, 6) is 0.431. The van der Waals surface area contributed by atoms with E-state index in [4.69, 9.17) is 0 Å². The summed E-state index contributed by atoms with van der Waals surface area (Å²) in [4.78, 5) is 10.0. The summed E-state index contributed by atoms with van der Waals surface area (Å²) in [6.07, 6.45) is 4.15. The fraction of sp³-hybridized carbons (Fsp3) is 0.235. The van der Waals surface area contributed by atoms with E-state index in [1.165, 1.54) is 6.42 Å². The Labute approximate surface area is 114 Å². The molecule has 100 valence electrons. The molecule has 0 radical (unpaired) electrons. The highest BCUT2D eigenvalue weighted by molar-refractivity contribution is 5.74. The molecule has 0 bridgehead atoms. The van der Waals surface area contributed by atoms with Crippen LogP contribution < -0.4 is 0 Å². The zero-order chi connectivity index (χ0) is 13.9. The Bertz CT molecular complexity index is 478. The molecule has 0 fully saturated rings. The summed E-state index contributed by atoms with van der Waals surface area (Å²) in [5, 5.41) is 9.34. The van der Waals surface area contributed by atoms with Crippen LogP contribution in [0.1, 0.15) is 35.7 Å². The first-order valence-corrected chi connectivity index (χ1v) is 6.55. The monoisotopic (exact) mass is 256 g/mol. The van der Waals surface area contributed by atoms with Gasteiger partial charge < -0.3 is 5.11 Å². The number of para-hydroxylation sites is 1. The third kappa shape index (κ3) is 5.87. The van der Waals surface area contributed by atoms with E-state index < -0.39 is 0 Å². The number of hydrogen-bond donors (Lipinski definition) is 1. The highest BCUT2D eigenvalue weighted by Gasteiger charge is 1.96. The number of aldehydes is 1. The number of aromatic hydroxyl groups is 1. The summed E-state index contributed by atoms with van der Waals surface area (Å²) >= 11 is 0. The minimum Gasteiger partial charge on any atom is -0.508 e. The molecule has 2 aromatic carbocycles. The standard InChI is InChI=1S/C10H14O.C7H6O/c1-2-3-6-9-7-4-5-8-10(9)11;8-6-7-4-2-1-3-5-7/h4-5,7-8,11H,2-3,6H2,1H3;1-6H. The van der Waals surface area contributed by atoms with Crippen molar-refractivity contribution < 1.29 is 9.90 Å². The average molecular weight is 256 g/mol. The molecule has 0 atom stereocenters. The molecule has 2 aromatic rings. The van der Waals surface area contributed by atoms with Crippen molar-refractivity contribution in [3.05, 3.63) is 65.7 Å². The van der Waals surface area contributed by atoms with E-state index in [1.807, 2.05) is 36.4 Å². The fourth-order valence-corrected chi connectivity index (χ4v) is 1.62. The Morgan fingerprint density at radius 2 is 1.63 bits per heavy atom. The Morgan fingerprint density at radius 3 is 2.16 bits per heavy atom. The molecule has 0 spiro atoms. The molecule has 2 nitrogen and oxygen atoms in total. The van der Waals surface area contributed by atoms with Crippen LogP contribution in [0.25, 0.3) is 0 Å². The van der Waals surface area contributed by atoms with E-state index in [-0.39, 0.29) is 0 Å². The summed E-state index contributed by atoms with van der Waals surface area (Å²) < 4.78 is 0. The Hall–Kier alpha value is -2.09. The molecular weight excluding hydrogens is 236 g/mol. The highest BCUT2D eigenvalue weighted by Crippen LogP contribution is 2.17. The quantitative estimate of drug-likeness (QED) is 0.831. The number of unbranched alkanes of at least 4 members (excludes halogenated alkanes) is 1. The minimum atomic E-state index is 0.431. The number of rotatable bonds is 4. The van der Waals surface area contributed by atoms with Crippen LogP contribution in [0.3, 0.4) is 0 Å². The van der Waals surface area contributed by atoms with Gasteiger partial charge in [-0.25, -0.2) is 0 Å². The van der Waals surface area contributed by atoms with Crippen LogP contribution in [0.2, 0.25) is 0 Å². The molecule has 0 aromatic heterocycles. The highest BCUT2D eigenvalue weighted by atomic mass is 16.3. The first-order valence-electron chi connectivity index (χ1n) is 6.55. The number of phenolic OH excluding ortho intramolecular Hbond substituents is 1. The Kier molecular flexibility index (Phi) is 7.03. The number of carbonyl (C=O) groups excluding carboxylic acids is 1. The van der Waals surface area contributed by atoms with Crippen LogP contribution >= 0.6 is 0 Å². The second-order valence-electron chi connectivity index (χ2n) is 4.26. The number of carbonyl (C=O) groups is 1. The van der Waals surface area contributed by atoms with Gasteiger partial charge in [0.2, 0.25) is 0 Å². The van der Waals surface area contributed by atoms with E-state index in [9.17, 15) is 9.90 Å². The molecule has 0 amide bonds. The molecule has 0 unspecified atom stereocenters. The molecule has 0 heterocycles. The van der Waals surface area contributed by atoms with Crippen LogP contribution in [-0.4, -0.2) is 11.4 Å². The molecule has 0 aliphatic rings. The maximum absolute atomic E-state index is 10.0. The lowest BCUT2D eigenvalue weighted by atomic mass is 10.1. The lowest BCUT2D eigenvalue weighted by Gasteiger charge is -2.01. The van der Waals surface area contributed by atoms with Crippen LogP contribution in [0.4, 0.5) is 0 Å². The Morgan fingerprint density at radius 1 is 1.00 bits per heavy atom. The van der Waals surface area contributed by atoms with Crippen molar-refractivity contribution >= 4 is 6.29 Å². The van der Waals surface area contributed by atoms with Gasteiger partial charge in [-0.15, -0.1) is 0 Å². The van der Waals surface area contributed by atoms with E-state index in [2.05, 4.69) is 6.92 Å². The van der Waals surface area contributed by atoms with Crippen molar-refractivity contribution in [2.45, 2.75) is 26.2 Å². The van der Waals surface area contributed by atoms with E-state index in [0.29, 0.717) is 5.75 Å². The third-order valence-electron chi connectivity index (χ3n) is 2.73. The zero-order valence-corrected chi connectivity index (χ0v) is 11.3. The van der Waals surface area contributed by atoms with Crippen LogP contribution in [0.5, 0.6) is 5.75 Å². The van der Waals surface area contributed by atoms with Gasteiger partial charge in [-0.2, -0.15) is 0 Å². The summed E-state index contributed by atoms with van der Waals surface area (Å²) in [6.45, 7) is 2.15. The van der Waals surface area contributed by atoms with Crippen LogP contribution in [0.15, 0.2) is 54.6 Å². The maximum Gasteiger partial charge on any atom is 0.150 e. The summed E-state index contributed by atoms with van der Waals surface area (Å²) in [6, 6.07) is 16.6. The maximum atomic E-state index is 10.0. The van der Waals surface area contributed by atoms with Gasteiger partial charge in [-0.1, -0.05) is 61.9 Å². The smallest absolute Gasteiger partial charge is 0.150 e. The van der Waals surface area contributed by atoms with Gasteiger partial charge in [0.25, 0.3) is 0 Å². The second-order valence-corrected chi connectivity index (χ2v) is 4.26. The average Bonchev–Trinajstić information content (AvgIpc) is 2.48. The van der Waals surface area contributed by atoms with Crippen molar-refractivity contribution in [1.29, 1.82) is 0 Å². The van der Waals surface area contributed by atoms with Crippen molar-refractivity contribution in [2.24, 2.45) is 0 Å². The van der Waals surface area contributed by atoms with Gasteiger partial charge in [0.1, 0.15) is 12.0 Å². The minimum absolute atomic E-state index is 0.431. The predicted molar refractivity (Wildman–Crippen MR) is 78.5 cm³/mol. The van der Waals surface area contributed by atoms with Crippen LogP contribution in [-0.2, 0) is 6.42 Å². The third-order valence-corrected chi connectivity index (χ3v) is 2.73. The number of phenols is 1. The van der Waals surface area contributed by atoms with Crippen molar-refractivity contribution in [3.63, 3.8) is 0 Å². The van der Waals surface area contributed by atoms with Gasteiger partial charge in [0.05, 0.1) is 0 Å². The van der Waals surface area contributed by atoms with Crippen LogP contribution in [0, 0.1) is 0 Å². The molecule has 19 heavy (non-hydrogen) atoms. The van der Waals surface area contributed by atoms with Crippen molar-refractivity contribution in [2.75, 3.05) is 0 Å². The zero-order valence-electron chi connectivity index (χ0n) is 11.3. The SMILES string of the molecule is CCCCc1ccccc1O.O=Cc1ccccc1. The largest absolute Gasteiger partial charge is 0.508 e. The molecule has 0 aliphatic carbocycles. The van der Waals surface area contributed by atoms with Crippen molar-refractivity contribution in [1.82, 2.24) is 0 Å². The molecular formula is C17H20O2. The molecule has 0 saturated heterocycles. The normalized spacial score (nSPS) is 9.32. The second kappa shape index (κ2) is 8.92. The van der Waals surface area contributed by atoms with Gasteiger partial charge >= 0.3 is 0 Å². The van der Waals surface area contributed by atoms with Gasteiger partial charge in [0, 0.05) is 5.56 Å². The molecule has 2 rings (SSSR count). The first-order chi connectivity index (χ1) is 9.27. The molecule has 2 heteroatoms. The molecule has 0 saturated carbocycles. The molecule has 0 aliphatic heterocycles. The van der Waals surface area contributed by atoms with E-state index >= 15 is 0 Å². The summed E-state index contributed by atoms with van der Waals surface area (Å²) in [5.41, 5.74) is 1.79. The van der Waals surface area contributed by atoms with E-state index in [1.54, 1.807) is 18.2 Å². The van der Waals surface area contributed by atoms with E-state index in [0.717, 1.165) is 30.3 Å². The van der Waals surface area contributed by atoms with Crippen molar-refractivity contribution in [3.8, 4) is 5.75 Å².